The molecule has 5 rings (SSSR count). The molecular weight excluding hydrogens is 469 g/mol. The minimum absolute atomic E-state index is 0.146. The van der Waals surface area contributed by atoms with Crippen molar-refractivity contribution >= 4 is 40.7 Å². The molecule has 3 aromatic carbocycles. The van der Waals surface area contributed by atoms with E-state index in [4.69, 9.17) is 23.2 Å². The summed E-state index contributed by atoms with van der Waals surface area (Å²) < 4.78 is 0. The fourth-order valence-corrected chi connectivity index (χ4v) is 5.39. The van der Waals surface area contributed by atoms with Gasteiger partial charge in [-0.05, 0) is 23.3 Å². The van der Waals surface area contributed by atoms with Gasteiger partial charge in [0.1, 0.15) is 0 Å². The predicted octanol–water partition coefficient (Wildman–Crippen LogP) is 5.03. The summed E-state index contributed by atoms with van der Waals surface area (Å²) in [4.78, 5) is 31.9. The molecule has 0 unspecified atom stereocenters. The summed E-state index contributed by atoms with van der Waals surface area (Å²) in [5.41, 5.74) is 2.85. The number of nitrogens with zero attached hydrogens (tertiary/aromatic N) is 3. The third-order valence-corrected chi connectivity index (χ3v) is 7.49. The summed E-state index contributed by atoms with van der Waals surface area (Å²) in [5.74, 6) is -0.474. The molecule has 0 bridgehead atoms. The molecule has 2 aliphatic rings. The predicted molar refractivity (Wildman–Crippen MR) is 135 cm³/mol. The zero-order chi connectivity index (χ0) is 23.7. The lowest BCUT2D eigenvalue weighted by atomic mass is 9.96. The van der Waals surface area contributed by atoms with Crippen LogP contribution in [0.25, 0.3) is 0 Å². The standard InChI is InChI=1S/C27H25Cl2N3O2/c28-21-12-7-13-22(25(21)29)32-24(33)18-23(27(32)34)30-14-16-31(17-15-30)26(19-8-3-1-4-9-19)20-10-5-2-6-11-20/h1-13,23,26H,14-18H2/t23-/m0/s1. The van der Waals surface area contributed by atoms with Crippen molar-refractivity contribution in [3.63, 3.8) is 0 Å². The van der Waals surface area contributed by atoms with E-state index in [1.54, 1.807) is 18.2 Å². The molecule has 0 radical (unpaired) electrons. The van der Waals surface area contributed by atoms with Gasteiger partial charge in [0, 0.05) is 26.2 Å². The van der Waals surface area contributed by atoms with Gasteiger partial charge >= 0.3 is 0 Å². The smallest absolute Gasteiger partial charge is 0.251 e. The fourth-order valence-electron chi connectivity index (χ4n) is 5.01. The maximum atomic E-state index is 13.3. The Morgan fingerprint density at radius 1 is 0.735 bits per heavy atom. The van der Waals surface area contributed by atoms with Gasteiger partial charge in [0.2, 0.25) is 5.91 Å². The van der Waals surface area contributed by atoms with Crippen molar-refractivity contribution in [2.45, 2.75) is 18.5 Å². The molecule has 2 aliphatic heterocycles. The molecule has 2 fully saturated rings. The van der Waals surface area contributed by atoms with E-state index < -0.39 is 6.04 Å². The van der Waals surface area contributed by atoms with E-state index in [2.05, 4.69) is 58.3 Å². The Labute approximate surface area is 209 Å². The first-order valence-corrected chi connectivity index (χ1v) is 12.2. The highest BCUT2D eigenvalue weighted by atomic mass is 35.5. The second-order valence-corrected chi connectivity index (χ2v) is 9.44. The van der Waals surface area contributed by atoms with Gasteiger partial charge in [0.05, 0.1) is 34.2 Å². The monoisotopic (exact) mass is 493 g/mol. The first kappa shape index (κ1) is 23.1. The third kappa shape index (κ3) is 4.37. The summed E-state index contributed by atoms with van der Waals surface area (Å²) in [6.45, 7) is 3.00. The van der Waals surface area contributed by atoms with Gasteiger partial charge in [-0.2, -0.15) is 0 Å². The topological polar surface area (TPSA) is 43.9 Å². The summed E-state index contributed by atoms with van der Waals surface area (Å²) >= 11 is 12.4. The number of hydrogen-bond acceptors (Lipinski definition) is 4. The quantitative estimate of drug-likeness (QED) is 0.467. The van der Waals surface area contributed by atoms with Crippen LogP contribution in [0.5, 0.6) is 0 Å². The number of halogens is 2. The van der Waals surface area contributed by atoms with Gasteiger partial charge in [-0.15, -0.1) is 0 Å². The lowest BCUT2D eigenvalue weighted by molar-refractivity contribution is -0.123. The number of amides is 2. The van der Waals surface area contributed by atoms with Crippen molar-refractivity contribution in [1.29, 1.82) is 0 Å². The van der Waals surface area contributed by atoms with Crippen molar-refractivity contribution in [3.05, 3.63) is 100 Å². The maximum absolute atomic E-state index is 13.3. The van der Waals surface area contributed by atoms with E-state index in [1.165, 1.54) is 16.0 Å². The minimum atomic E-state index is -0.475. The van der Waals surface area contributed by atoms with Gasteiger partial charge in [-0.3, -0.25) is 19.4 Å². The van der Waals surface area contributed by atoms with Crippen molar-refractivity contribution in [2.24, 2.45) is 0 Å². The first-order valence-electron chi connectivity index (χ1n) is 11.4. The molecule has 3 aromatic rings. The molecule has 5 nitrogen and oxygen atoms in total. The van der Waals surface area contributed by atoms with Crippen LogP contribution in [-0.4, -0.2) is 53.8 Å². The van der Waals surface area contributed by atoms with Crippen LogP contribution >= 0.6 is 23.2 Å². The Morgan fingerprint density at radius 3 is 1.91 bits per heavy atom. The molecule has 2 heterocycles. The number of hydrogen-bond donors (Lipinski definition) is 0. The van der Waals surface area contributed by atoms with Gasteiger partial charge < -0.3 is 0 Å². The molecule has 0 N–H and O–H groups in total. The second-order valence-electron chi connectivity index (χ2n) is 8.66. The van der Waals surface area contributed by atoms with E-state index in [0.717, 1.165) is 13.1 Å². The lowest BCUT2D eigenvalue weighted by Crippen LogP contribution is -2.53. The summed E-state index contributed by atoms with van der Waals surface area (Å²) in [5, 5.41) is 0.551. The SMILES string of the molecule is O=C1C[C@H](N2CCN(C(c3ccccc3)c3ccccc3)CC2)C(=O)N1c1cccc(Cl)c1Cl. The molecule has 2 saturated heterocycles. The molecule has 2 amide bonds. The second kappa shape index (κ2) is 9.88. The number of imide groups is 1. The maximum Gasteiger partial charge on any atom is 0.251 e. The van der Waals surface area contributed by atoms with Crippen LogP contribution in [0.2, 0.25) is 10.0 Å². The van der Waals surface area contributed by atoms with E-state index in [1.807, 2.05) is 12.1 Å². The highest BCUT2D eigenvalue weighted by molar-refractivity contribution is 6.44. The molecule has 7 heteroatoms. The number of rotatable bonds is 5. The molecular formula is C27H25Cl2N3O2. The van der Waals surface area contributed by atoms with Crippen LogP contribution in [0.4, 0.5) is 5.69 Å². The molecule has 0 spiro atoms. The average Bonchev–Trinajstić information content (AvgIpc) is 3.16. The minimum Gasteiger partial charge on any atom is -0.290 e. The van der Waals surface area contributed by atoms with Crippen molar-refractivity contribution in [2.75, 3.05) is 31.1 Å². The Kier molecular flexibility index (Phi) is 6.70. The van der Waals surface area contributed by atoms with Crippen LogP contribution < -0.4 is 4.90 Å². The van der Waals surface area contributed by atoms with E-state index in [-0.39, 0.29) is 29.3 Å². The molecule has 1 atom stereocenters. The number of piperazine rings is 1. The van der Waals surface area contributed by atoms with Crippen LogP contribution in [0.15, 0.2) is 78.9 Å². The van der Waals surface area contributed by atoms with Gasteiger partial charge in [0.25, 0.3) is 5.91 Å². The Bertz CT molecular complexity index is 1140. The Hall–Kier alpha value is -2.70. The van der Waals surface area contributed by atoms with Crippen LogP contribution in [0.3, 0.4) is 0 Å². The van der Waals surface area contributed by atoms with Crippen LogP contribution in [0.1, 0.15) is 23.6 Å². The van der Waals surface area contributed by atoms with E-state index >= 15 is 0 Å². The summed E-state index contributed by atoms with van der Waals surface area (Å²) in [7, 11) is 0. The third-order valence-electron chi connectivity index (χ3n) is 6.68. The zero-order valence-electron chi connectivity index (χ0n) is 18.6. The Morgan fingerprint density at radius 2 is 1.32 bits per heavy atom. The van der Waals surface area contributed by atoms with Crippen molar-refractivity contribution in [3.8, 4) is 0 Å². The number of benzene rings is 3. The fraction of sp³-hybridized carbons (Fsp3) is 0.259. The summed E-state index contributed by atoms with van der Waals surface area (Å²) in [6.07, 6.45) is 0.155. The normalized spacial score (nSPS) is 19.9. The highest BCUT2D eigenvalue weighted by Gasteiger charge is 2.44. The number of carbonyl (C=O) groups is 2. The van der Waals surface area contributed by atoms with E-state index in [9.17, 15) is 9.59 Å². The van der Waals surface area contributed by atoms with E-state index in [0.29, 0.717) is 23.8 Å². The Balaban J connectivity index is 1.32. The van der Waals surface area contributed by atoms with Gasteiger partial charge in [0.15, 0.2) is 0 Å². The first-order chi connectivity index (χ1) is 16.5. The average molecular weight is 494 g/mol. The molecule has 0 saturated carbocycles. The van der Waals surface area contributed by atoms with Crippen LogP contribution in [-0.2, 0) is 9.59 Å². The molecule has 174 valence electrons. The van der Waals surface area contributed by atoms with Crippen molar-refractivity contribution in [1.82, 2.24) is 9.80 Å². The summed E-state index contributed by atoms with van der Waals surface area (Å²) in [6, 6.07) is 25.7. The number of carbonyl (C=O) groups excluding carboxylic acids is 2. The molecule has 0 aromatic heterocycles. The largest absolute Gasteiger partial charge is 0.290 e. The molecule has 0 aliphatic carbocycles. The zero-order valence-corrected chi connectivity index (χ0v) is 20.1. The number of anilines is 1. The highest BCUT2D eigenvalue weighted by Crippen LogP contribution is 2.36. The lowest BCUT2D eigenvalue weighted by Gasteiger charge is -2.41. The molecule has 34 heavy (non-hydrogen) atoms. The van der Waals surface area contributed by atoms with Gasteiger partial charge in [-0.25, -0.2) is 4.90 Å². The van der Waals surface area contributed by atoms with Gasteiger partial charge in [-0.1, -0.05) is 89.9 Å². The van der Waals surface area contributed by atoms with Crippen LogP contribution in [0, 0.1) is 0 Å². The van der Waals surface area contributed by atoms with Crippen molar-refractivity contribution < 1.29 is 9.59 Å².